The predicted molar refractivity (Wildman–Crippen MR) is 85.7 cm³/mol. The molecule has 0 heterocycles. The zero-order valence-electron chi connectivity index (χ0n) is 12.7. The molecule has 22 heavy (non-hydrogen) atoms. The Hall–Kier alpha value is -2.62. The number of nitrogens with one attached hydrogen (secondary N) is 1. The smallest absolute Gasteiger partial charge is 0.337 e. The quantitative estimate of drug-likeness (QED) is 0.862. The van der Waals surface area contributed by atoms with E-state index in [0.29, 0.717) is 17.7 Å². The highest BCUT2D eigenvalue weighted by molar-refractivity contribution is 5.94. The Bertz CT molecular complexity index is 635. The van der Waals surface area contributed by atoms with Crippen molar-refractivity contribution in [1.82, 2.24) is 0 Å². The SMILES string of the molecule is COC(=O)c1ccc(NC(=O)[C@H](C)Cc2ccccc2)cc1. The summed E-state index contributed by atoms with van der Waals surface area (Å²) in [6.45, 7) is 1.89. The molecule has 0 aliphatic carbocycles. The molecule has 1 amide bonds. The summed E-state index contributed by atoms with van der Waals surface area (Å²) >= 11 is 0. The molecule has 114 valence electrons. The monoisotopic (exact) mass is 297 g/mol. The molecule has 4 nitrogen and oxygen atoms in total. The summed E-state index contributed by atoms with van der Waals surface area (Å²) in [5, 5.41) is 2.86. The van der Waals surface area contributed by atoms with Crippen LogP contribution in [0, 0.1) is 5.92 Å². The molecule has 0 aliphatic heterocycles. The molecule has 0 bridgehead atoms. The van der Waals surface area contributed by atoms with Crippen LogP contribution in [-0.4, -0.2) is 19.0 Å². The lowest BCUT2D eigenvalue weighted by atomic mass is 10.0. The average Bonchev–Trinajstić information content (AvgIpc) is 2.55. The van der Waals surface area contributed by atoms with Crippen molar-refractivity contribution in [2.75, 3.05) is 12.4 Å². The van der Waals surface area contributed by atoms with Gasteiger partial charge in [0.05, 0.1) is 12.7 Å². The van der Waals surface area contributed by atoms with Gasteiger partial charge in [0.2, 0.25) is 5.91 Å². The van der Waals surface area contributed by atoms with Crippen LogP contribution in [-0.2, 0) is 16.0 Å². The topological polar surface area (TPSA) is 55.4 Å². The molecule has 0 saturated heterocycles. The van der Waals surface area contributed by atoms with Crippen molar-refractivity contribution >= 4 is 17.6 Å². The number of hydrogen-bond acceptors (Lipinski definition) is 3. The third-order valence-corrected chi connectivity index (χ3v) is 3.41. The van der Waals surface area contributed by atoms with Gasteiger partial charge in [-0.05, 0) is 36.2 Å². The van der Waals surface area contributed by atoms with Gasteiger partial charge in [0.15, 0.2) is 0 Å². The average molecular weight is 297 g/mol. The lowest BCUT2D eigenvalue weighted by Gasteiger charge is -2.12. The van der Waals surface area contributed by atoms with Crippen LogP contribution in [0.15, 0.2) is 54.6 Å². The molecule has 2 aromatic rings. The number of anilines is 1. The van der Waals surface area contributed by atoms with Gasteiger partial charge in [-0.1, -0.05) is 37.3 Å². The lowest BCUT2D eigenvalue weighted by molar-refractivity contribution is -0.119. The van der Waals surface area contributed by atoms with Gasteiger partial charge in [-0.2, -0.15) is 0 Å². The van der Waals surface area contributed by atoms with Crippen molar-refractivity contribution in [2.24, 2.45) is 5.92 Å². The van der Waals surface area contributed by atoms with Gasteiger partial charge in [0.1, 0.15) is 0 Å². The van der Waals surface area contributed by atoms with Crippen molar-refractivity contribution in [2.45, 2.75) is 13.3 Å². The molecule has 4 heteroatoms. The highest BCUT2D eigenvalue weighted by atomic mass is 16.5. The Kier molecular flexibility index (Phi) is 5.31. The maximum Gasteiger partial charge on any atom is 0.337 e. The molecule has 0 saturated carbocycles. The fraction of sp³-hybridized carbons (Fsp3) is 0.222. The number of benzene rings is 2. The van der Waals surface area contributed by atoms with Crippen LogP contribution >= 0.6 is 0 Å². The summed E-state index contributed by atoms with van der Waals surface area (Å²) in [4.78, 5) is 23.5. The van der Waals surface area contributed by atoms with Crippen LogP contribution in [0.25, 0.3) is 0 Å². The Labute approximate surface area is 130 Å². The fourth-order valence-electron chi connectivity index (χ4n) is 2.13. The summed E-state index contributed by atoms with van der Waals surface area (Å²) < 4.78 is 4.64. The highest BCUT2D eigenvalue weighted by Gasteiger charge is 2.14. The molecular weight excluding hydrogens is 278 g/mol. The van der Waals surface area contributed by atoms with Crippen molar-refractivity contribution in [1.29, 1.82) is 0 Å². The fourth-order valence-corrected chi connectivity index (χ4v) is 2.13. The lowest BCUT2D eigenvalue weighted by Crippen LogP contribution is -2.22. The summed E-state index contributed by atoms with van der Waals surface area (Å²) in [6, 6.07) is 16.5. The minimum Gasteiger partial charge on any atom is -0.465 e. The van der Waals surface area contributed by atoms with Gasteiger partial charge < -0.3 is 10.1 Å². The van der Waals surface area contributed by atoms with Crippen molar-refractivity contribution in [3.8, 4) is 0 Å². The van der Waals surface area contributed by atoms with E-state index in [1.165, 1.54) is 7.11 Å². The van der Waals surface area contributed by atoms with E-state index in [4.69, 9.17) is 0 Å². The van der Waals surface area contributed by atoms with Gasteiger partial charge in [0, 0.05) is 11.6 Å². The number of rotatable bonds is 5. The van der Waals surface area contributed by atoms with Gasteiger partial charge in [-0.25, -0.2) is 4.79 Å². The summed E-state index contributed by atoms with van der Waals surface area (Å²) in [5.41, 5.74) is 2.25. The zero-order valence-corrected chi connectivity index (χ0v) is 12.7. The third-order valence-electron chi connectivity index (χ3n) is 3.41. The van der Waals surface area contributed by atoms with E-state index in [0.717, 1.165) is 5.56 Å². The Balaban J connectivity index is 1.95. The minimum absolute atomic E-state index is 0.0466. The van der Waals surface area contributed by atoms with E-state index in [2.05, 4.69) is 10.1 Å². The van der Waals surface area contributed by atoms with Gasteiger partial charge >= 0.3 is 5.97 Å². The van der Waals surface area contributed by atoms with Crippen LogP contribution in [0.3, 0.4) is 0 Å². The van der Waals surface area contributed by atoms with E-state index >= 15 is 0 Å². The Morgan fingerprint density at radius 1 is 1.05 bits per heavy atom. The molecule has 2 aromatic carbocycles. The first-order valence-corrected chi connectivity index (χ1v) is 7.13. The van der Waals surface area contributed by atoms with Crippen LogP contribution < -0.4 is 5.32 Å². The number of carbonyl (C=O) groups excluding carboxylic acids is 2. The first-order chi connectivity index (χ1) is 10.6. The second-order valence-corrected chi connectivity index (χ2v) is 5.15. The number of amides is 1. The first-order valence-electron chi connectivity index (χ1n) is 7.13. The maximum absolute atomic E-state index is 12.2. The minimum atomic E-state index is -0.393. The second-order valence-electron chi connectivity index (χ2n) is 5.15. The second kappa shape index (κ2) is 7.41. The van der Waals surface area contributed by atoms with E-state index in [9.17, 15) is 9.59 Å². The van der Waals surface area contributed by atoms with Crippen LogP contribution in [0.4, 0.5) is 5.69 Å². The number of ether oxygens (including phenoxy) is 1. The molecule has 1 atom stereocenters. The molecule has 0 spiro atoms. The van der Waals surface area contributed by atoms with Crippen molar-refractivity contribution in [3.05, 3.63) is 65.7 Å². The van der Waals surface area contributed by atoms with E-state index in [1.54, 1.807) is 24.3 Å². The number of hydrogen-bond donors (Lipinski definition) is 1. The molecule has 0 aromatic heterocycles. The van der Waals surface area contributed by atoms with Crippen LogP contribution in [0.1, 0.15) is 22.8 Å². The largest absolute Gasteiger partial charge is 0.465 e. The molecule has 2 rings (SSSR count). The predicted octanol–water partition coefficient (Wildman–Crippen LogP) is 3.29. The van der Waals surface area contributed by atoms with E-state index < -0.39 is 5.97 Å². The van der Waals surface area contributed by atoms with Crippen molar-refractivity contribution in [3.63, 3.8) is 0 Å². The van der Waals surface area contributed by atoms with Crippen molar-refractivity contribution < 1.29 is 14.3 Å². The maximum atomic E-state index is 12.2. The number of esters is 1. The van der Waals surface area contributed by atoms with E-state index in [-0.39, 0.29) is 11.8 Å². The molecule has 0 unspecified atom stereocenters. The first kappa shape index (κ1) is 15.8. The number of carbonyl (C=O) groups is 2. The molecule has 0 fully saturated rings. The normalized spacial score (nSPS) is 11.5. The molecular formula is C18H19NO3. The Morgan fingerprint density at radius 2 is 1.68 bits per heavy atom. The van der Waals surface area contributed by atoms with Gasteiger partial charge in [-0.15, -0.1) is 0 Å². The molecule has 0 aliphatic rings. The van der Waals surface area contributed by atoms with Gasteiger partial charge in [-0.3, -0.25) is 4.79 Å². The number of methoxy groups -OCH3 is 1. The standard InChI is InChI=1S/C18H19NO3/c1-13(12-14-6-4-3-5-7-14)17(20)19-16-10-8-15(9-11-16)18(21)22-2/h3-11,13H,12H2,1-2H3,(H,19,20)/t13-/m1/s1. The highest BCUT2D eigenvalue weighted by Crippen LogP contribution is 2.14. The molecule has 0 radical (unpaired) electrons. The Morgan fingerprint density at radius 3 is 2.27 bits per heavy atom. The summed E-state index contributed by atoms with van der Waals surface area (Å²) in [6.07, 6.45) is 0.687. The summed E-state index contributed by atoms with van der Waals surface area (Å²) in [5.74, 6) is -0.576. The third kappa shape index (κ3) is 4.19. The van der Waals surface area contributed by atoms with E-state index in [1.807, 2.05) is 37.3 Å². The van der Waals surface area contributed by atoms with Crippen LogP contribution in [0.2, 0.25) is 0 Å². The molecule has 1 N–H and O–H groups in total. The summed E-state index contributed by atoms with van der Waals surface area (Å²) in [7, 11) is 1.34. The zero-order chi connectivity index (χ0) is 15.9. The van der Waals surface area contributed by atoms with Gasteiger partial charge in [0.25, 0.3) is 0 Å². The van der Waals surface area contributed by atoms with Crippen LogP contribution in [0.5, 0.6) is 0 Å².